The second-order valence-corrected chi connectivity index (χ2v) is 9.27. The number of fused-ring (bicyclic) bond motifs is 1. The van der Waals surface area contributed by atoms with Crippen molar-refractivity contribution in [1.82, 2.24) is 20.2 Å². The van der Waals surface area contributed by atoms with E-state index in [0.29, 0.717) is 5.95 Å². The van der Waals surface area contributed by atoms with Gasteiger partial charge >= 0.3 is 0 Å². The molecular formula is C28H29N7O. The van der Waals surface area contributed by atoms with Gasteiger partial charge < -0.3 is 10.2 Å². The average Bonchev–Trinajstić information content (AvgIpc) is 3.36. The van der Waals surface area contributed by atoms with Crippen LogP contribution in [0.2, 0.25) is 0 Å². The third-order valence-corrected chi connectivity index (χ3v) is 6.32. The third kappa shape index (κ3) is 4.70. The zero-order valence-corrected chi connectivity index (χ0v) is 20.9. The number of aromatic nitrogens is 4. The number of aryl methyl sites for hydroxylation is 2. The number of rotatable bonds is 6. The Morgan fingerprint density at radius 2 is 1.56 bits per heavy atom. The summed E-state index contributed by atoms with van der Waals surface area (Å²) in [5.74, 6) is 0.366. The van der Waals surface area contributed by atoms with E-state index < -0.39 is 0 Å². The van der Waals surface area contributed by atoms with E-state index in [1.54, 1.807) is 4.68 Å². The lowest BCUT2D eigenvalue weighted by Gasteiger charge is -2.32. The van der Waals surface area contributed by atoms with Crippen molar-refractivity contribution < 1.29 is 4.79 Å². The van der Waals surface area contributed by atoms with Gasteiger partial charge in [0.2, 0.25) is 5.91 Å². The third-order valence-electron chi connectivity index (χ3n) is 6.32. The molecule has 0 bridgehead atoms. The van der Waals surface area contributed by atoms with Crippen molar-refractivity contribution in [3.8, 4) is 0 Å². The van der Waals surface area contributed by atoms with E-state index in [1.165, 1.54) is 11.1 Å². The fraction of sp³-hybridized carbons (Fsp3) is 0.214. The lowest BCUT2D eigenvalue weighted by atomic mass is 9.99. The summed E-state index contributed by atoms with van der Waals surface area (Å²) in [6, 6.07) is 24.2. The van der Waals surface area contributed by atoms with Gasteiger partial charge in [0.15, 0.2) is 0 Å². The molecule has 0 radical (unpaired) electrons. The zero-order chi connectivity index (χ0) is 25.2. The first-order valence-electron chi connectivity index (χ1n) is 11.9. The average molecular weight is 480 g/mol. The molecule has 0 spiro atoms. The molecule has 1 aromatic heterocycles. The van der Waals surface area contributed by atoms with Crippen molar-refractivity contribution in [1.29, 1.82) is 0 Å². The maximum atomic E-state index is 13.2. The molecule has 1 unspecified atom stereocenters. The number of nitrogens with zero attached hydrogens (tertiary/aromatic N) is 6. The van der Waals surface area contributed by atoms with Crippen molar-refractivity contribution in [3.63, 3.8) is 0 Å². The topological polar surface area (TPSA) is 79.2 Å². The molecule has 0 saturated heterocycles. The van der Waals surface area contributed by atoms with E-state index in [2.05, 4.69) is 89.3 Å². The van der Waals surface area contributed by atoms with E-state index >= 15 is 0 Å². The standard InChI is InChI=1S/C28H29N7O/c1-19-5-9-21(10-6-19)25-17-26(22-11-7-20(2)8-12-22)35-28(30-31-32-35)34(25)18-27(36)29-23-13-15-24(16-14-23)33(3)4/h5-17,26H,18H2,1-4H3,(H,29,36). The number of carbonyl (C=O) groups is 1. The minimum Gasteiger partial charge on any atom is -0.378 e. The highest BCUT2D eigenvalue weighted by Crippen LogP contribution is 2.36. The van der Waals surface area contributed by atoms with Gasteiger partial charge in [-0.2, -0.15) is 4.68 Å². The summed E-state index contributed by atoms with van der Waals surface area (Å²) in [5.41, 5.74) is 7.11. The molecule has 8 nitrogen and oxygen atoms in total. The molecular weight excluding hydrogens is 450 g/mol. The van der Waals surface area contributed by atoms with Crippen molar-refractivity contribution in [3.05, 3.63) is 101 Å². The highest BCUT2D eigenvalue weighted by atomic mass is 16.2. The summed E-state index contributed by atoms with van der Waals surface area (Å²) >= 11 is 0. The molecule has 8 heteroatoms. The highest BCUT2D eigenvalue weighted by Gasteiger charge is 2.32. The SMILES string of the molecule is Cc1ccc(C2=CC(c3ccc(C)cc3)n3nnnc3N2CC(=O)Nc2ccc(N(C)C)cc2)cc1. The summed E-state index contributed by atoms with van der Waals surface area (Å²) in [4.78, 5) is 17.1. The number of nitrogens with one attached hydrogen (secondary N) is 1. The predicted molar refractivity (Wildman–Crippen MR) is 143 cm³/mol. The van der Waals surface area contributed by atoms with Gasteiger partial charge in [-0.15, -0.1) is 0 Å². The van der Waals surface area contributed by atoms with Crippen LogP contribution in [0, 0.1) is 13.8 Å². The first kappa shape index (κ1) is 23.3. The number of hydrogen-bond acceptors (Lipinski definition) is 6. The van der Waals surface area contributed by atoms with E-state index in [9.17, 15) is 4.79 Å². The maximum absolute atomic E-state index is 13.2. The van der Waals surface area contributed by atoms with Gasteiger partial charge in [-0.25, -0.2) is 0 Å². The molecule has 1 aliphatic rings. The fourth-order valence-electron chi connectivity index (χ4n) is 4.28. The Bertz CT molecular complexity index is 1390. The molecule has 4 aromatic rings. The van der Waals surface area contributed by atoms with Gasteiger partial charge in [0.05, 0.1) is 5.70 Å². The van der Waals surface area contributed by atoms with Crippen molar-refractivity contribution in [2.24, 2.45) is 0 Å². The summed E-state index contributed by atoms with van der Waals surface area (Å²) in [6.07, 6.45) is 2.12. The summed E-state index contributed by atoms with van der Waals surface area (Å²) < 4.78 is 1.77. The lowest BCUT2D eigenvalue weighted by Crippen LogP contribution is -2.37. The number of carbonyl (C=O) groups excluding carboxylic acids is 1. The van der Waals surface area contributed by atoms with Crippen LogP contribution in [0.3, 0.4) is 0 Å². The summed E-state index contributed by atoms with van der Waals surface area (Å²) in [6.45, 7) is 4.19. The van der Waals surface area contributed by atoms with Crippen molar-refractivity contribution in [2.45, 2.75) is 19.9 Å². The summed E-state index contributed by atoms with van der Waals surface area (Å²) in [5, 5.41) is 15.6. The molecule has 5 rings (SSSR count). The minimum absolute atomic E-state index is 0.0656. The van der Waals surface area contributed by atoms with Gasteiger partial charge in [0.25, 0.3) is 5.95 Å². The van der Waals surface area contributed by atoms with Crippen LogP contribution in [0.5, 0.6) is 0 Å². The summed E-state index contributed by atoms with van der Waals surface area (Å²) in [7, 11) is 3.97. The molecule has 0 aliphatic carbocycles. The molecule has 36 heavy (non-hydrogen) atoms. The van der Waals surface area contributed by atoms with Crippen molar-refractivity contribution in [2.75, 3.05) is 35.8 Å². The van der Waals surface area contributed by atoms with Crippen LogP contribution < -0.4 is 15.1 Å². The van der Waals surface area contributed by atoms with E-state index in [-0.39, 0.29) is 18.5 Å². The van der Waals surface area contributed by atoms with Gasteiger partial charge in [0.1, 0.15) is 12.6 Å². The maximum Gasteiger partial charge on any atom is 0.251 e. The number of hydrogen-bond donors (Lipinski definition) is 1. The number of tetrazole rings is 1. The lowest BCUT2D eigenvalue weighted by molar-refractivity contribution is -0.114. The first-order chi connectivity index (χ1) is 17.4. The molecule has 3 aromatic carbocycles. The fourth-order valence-corrected chi connectivity index (χ4v) is 4.28. The monoisotopic (exact) mass is 479 g/mol. The number of allylic oxidation sites excluding steroid dienone is 1. The smallest absolute Gasteiger partial charge is 0.251 e. The molecule has 1 aliphatic heterocycles. The first-order valence-corrected chi connectivity index (χ1v) is 11.9. The normalized spacial score (nSPS) is 14.7. The van der Waals surface area contributed by atoms with Gasteiger partial charge in [-0.3, -0.25) is 9.69 Å². The van der Waals surface area contributed by atoms with Crippen LogP contribution in [-0.4, -0.2) is 46.8 Å². The van der Waals surface area contributed by atoms with Crippen LogP contribution in [0.15, 0.2) is 78.9 Å². The van der Waals surface area contributed by atoms with E-state index in [0.717, 1.165) is 28.2 Å². The Morgan fingerprint density at radius 3 is 2.19 bits per heavy atom. The highest BCUT2D eigenvalue weighted by molar-refractivity contribution is 5.97. The van der Waals surface area contributed by atoms with Gasteiger partial charge in [0, 0.05) is 25.5 Å². The van der Waals surface area contributed by atoms with E-state index in [1.807, 2.05) is 48.2 Å². The Kier molecular flexibility index (Phi) is 6.25. The Morgan fingerprint density at radius 1 is 0.917 bits per heavy atom. The van der Waals surface area contributed by atoms with Crippen molar-refractivity contribution >= 4 is 28.9 Å². The Labute approximate surface area is 210 Å². The van der Waals surface area contributed by atoms with Gasteiger partial charge in [-0.1, -0.05) is 64.8 Å². The Balaban J connectivity index is 1.49. The van der Waals surface area contributed by atoms with Crippen LogP contribution >= 0.6 is 0 Å². The second-order valence-electron chi connectivity index (χ2n) is 9.27. The quantitative estimate of drug-likeness (QED) is 0.440. The van der Waals surface area contributed by atoms with E-state index in [4.69, 9.17) is 0 Å². The number of amides is 1. The minimum atomic E-state index is -0.190. The van der Waals surface area contributed by atoms with Crippen LogP contribution in [0.1, 0.15) is 28.3 Å². The van der Waals surface area contributed by atoms with Crippen LogP contribution in [0.25, 0.3) is 5.70 Å². The van der Waals surface area contributed by atoms with Gasteiger partial charge in [-0.05, 0) is 65.7 Å². The molecule has 0 saturated carbocycles. The largest absolute Gasteiger partial charge is 0.378 e. The number of benzene rings is 3. The molecule has 2 heterocycles. The zero-order valence-electron chi connectivity index (χ0n) is 20.9. The molecule has 182 valence electrons. The molecule has 1 atom stereocenters. The Hall–Kier alpha value is -4.46. The molecule has 1 N–H and O–H groups in total. The number of anilines is 3. The van der Waals surface area contributed by atoms with Crippen LogP contribution in [-0.2, 0) is 4.79 Å². The molecule has 1 amide bonds. The second kappa shape index (κ2) is 9.65. The molecule has 0 fully saturated rings. The predicted octanol–water partition coefficient (Wildman–Crippen LogP) is 4.45. The van der Waals surface area contributed by atoms with Crippen LogP contribution in [0.4, 0.5) is 17.3 Å².